The average molecular weight is 289 g/mol. The summed E-state index contributed by atoms with van der Waals surface area (Å²) in [4.78, 5) is 0. The molecule has 0 spiro atoms. The van der Waals surface area contributed by atoms with Crippen molar-refractivity contribution in [2.24, 2.45) is 5.92 Å². The Balaban J connectivity index is 1.95. The van der Waals surface area contributed by atoms with E-state index in [2.05, 4.69) is 22.4 Å². The number of nitrogens with two attached hydrogens (primary N) is 1. The van der Waals surface area contributed by atoms with E-state index in [1.807, 2.05) is 4.68 Å². The minimum absolute atomic E-state index is 0.266. The number of hydrogen-bond acceptors (Lipinski definition) is 4. The van der Waals surface area contributed by atoms with Crippen LogP contribution >= 0.6 is 0 Å². The average Bonchev–Trinajstić information content (AvgIpc) is 2.84. The largest absolute Gasteiger partial charge is 0.398 e. The minimum atomic E-state index is -0.330. The molecule has 1 saturated carbocycles. The van der Waals surface area contributed by atoms with Crippen molar-refractivity contribution in [2.45, 2.75) is 45.1 Å². The lowest BCUT2D eigenvalue weighted by Crippen LogP contribution is -2.12. The van der Waals surface area contributed by atoms with Gasteiger partial charge in [-0.2, -0.15) is 0 Å². The van der Waals surface area contributed by atoms with Crippen LogP contribution in [0.3, 0.4) is 0 Å². The summed E-state index contributed by atoms with van der Waals surface area (Å²) in [7, 11) is 0. The van der Waals surface area contributed by atoms with Crippen molar-refractivity contribution < 1.29 is 4.39 Å². The molecule has 1 aromatic carbocycles. The first-order valence-corrected chi connectivity index (χ1v) is 7.48. The van der Waals surface area contributed by atoms with Crippen LogP contribution in [0, 0.1) is 11.7 Å². The van der Waals surface area contributed by atoms with Crippen molar-refractivity contribution in [3.63, 3.8) is 0 Å². The van der Waals surface area contributed by atoms with Gasteiger partial charge in [0, 0.05) is 11.3 Å². The molecule has 112 valence electrons. The molecule has 1 fully saturated rings. The quantitative estimate of drug-likeness (QED) is 0.681. The predicted molar refractivity (Wildman–Crippen MR) is 78.9 cm³/mol. The van der Waals surface area contributed by atoms with E-state index in [9.17, 15) is 4.39 Å². The molecule has 2 atom stereocenters. The Morgan fingerprint density at radius 2 is 2.10 bits per heavy atom. The third-order valence-corrected chi connectivity index (χ3v) is 4.32. The lowest BCUT2D eigenvalue weighted by molar-refractivity contribution is 0.394. The molecule has 1 aliphatic rings. The molecule has 0 amide bonds. The number of hydrogen-bond donors (Lipinski definition) is 1. The van der Waals surface area contributed by atoms with Gasteiger partial charge in [-0.05, 0) is 53.8 Å². The number of anilines is 1. The Labute approximate surface area is 123 Å². The highest BCUT2D eigenvalue weighted by atomic mass is 19.1. The molecule has 0 aliphatic heterocycles. The molecule has 1 heterocycles. The first-order chi connectivity index (χ1) is 10.1. The Kier molecular flexibility index (Phi) is 3.86. The van der Waals surface area contributed by atoms with Gasteiger partial charge in [0.05, 0.1) is 6.04 Å². The fourth-order valence-corrected chi connectivity index (χ4v) is 3.05. The van der Waals surface area contributed by atoms with E-state index in [0.717, 1.165) is 18.8 Å². The second kappa shape index (κ2) is 5.79. The molecule has 1 aromatic heterocycles. The van der Waals surface area contributed by atoms with Gasteiger partial charge in [-0.3, -0.25) is 0 Å². The smallest absolute Gasteiger partial charge is 0.184 e. The minimum Gasteiger partial charge on any atom is -0.398 e. The van der Waals surface area contributed by atoms with Crippen molar-refractivity contribution in [2.75, 3.05) is 5.73 Å². The molecule has 2 unspecified atom stereocenters. The summed E-state index contributed by atoms with van der Waals surface area (Å²) in [5, 5.41) is 12.0. The van der Waals surface area contributed by atoms with Crippen LogP contribution in [0.2, 0.25) is 0 Å². The topological polar surface area (TPSA) is 69.6 Å². The van der Waals surface area contributed by atoms with Crippen LogP contribution in [-0.2, 0) is 0 Å². The molecule has 1 aliphatic carbocycles. The van der Waals surface area contributed by atoms with Gasteiger partial charge < -0.3 is 5.73 Å². The summed E-state index contributed by atoms with van der Waals surface area (Å²) in [6.45, 7) is 2.29. The maximum Gasteiger partial charge on any atom is 0.184 e. The molecule has 0 saturated heterocycles. The highest BCUT2D eigenvalue weighted by Gasteiger charge is 2.23. The molecule has 2 N–H and O–H groups in total. The monoisotopic (exact) mass is 289 g/mol. The van der Waals surface area contributed by atoms with Crippen LogP contribution in [0.5, 0.6) is 0 Å². The van der Waals surface area contributed by atoms with Gasteiger partial charge in [0.25, 0.3) is 0 Å². The Hall–Kier alpha value is -1.98. The normalized spacial score (nSPS) is 23.0. The standard InChI is InChI=1S/C15H20FN5/c1-10-3-2-4-12(7-5-10)21-15(18-19-20-21)13-9-11(16)6-8-14(13)17/h6,8-10,12H,2-5,7,17H2,1H3. The van der Waals surface area contributed by atoms with E-state index in [-0.39, 0.29) is 11.9 Å². The van der Waals surface area contributed by atoms with E-state index in [1.54, 1.807) is 6.07 Å². The van der Waals surface area contributed by atoms with Gasteiger partial charge in [-0.1, -0.05) is 19.8 Å². The molecule has 21 heavy (non-hydrogen) atoms. The number of nitrogens with zero attached hydrogens (tertiary/aromatic N) is 4. The molecule has 5 nitrogen and oxygen atoms in total. The Morgan fingerprint density at radius 1 is 1.24 bits per heavy atom. The number of rotatable bonds is 2. The highest BCUT2D eigenvalue weighted by Crippen LogP contribution is 2.33. The maximum atomic E-state index is 13.5. The lowest BCUT2D eigenvalue weighted by atomic mass is 10.0. The first kappa shape index (κ1) is 14.0. The van der Waals surface area contributed by atoms with Crippen LogP contribution in [0.15, 0.2) is 18.2 Å². The van der Waals surface area contributed by atoms with Gasteiger partial charge in [-0.15, -0.1) is 5.10 Å². The summed E-state index contributed by atoms with van der Waals surface area (Å²) in [5.74, 6) is 0.976. The number of aromatic nitrogens is 4. The Bertz CT molecular complexity index is 624. The van der Waals surface area contributed by atoms with Crippen LogP contribution < -0.4 is 5.73 Å². The third-order valence-electron chi connectivity index (χ3n) is 4.32. The number of halogens is 1. The summed E-state index contributed by atoms with van der Waals surface area (Å²) in [6, 6.07) is 4.57. The molecule has 6 heteroatoms. The summed E-state index contributed by atoms with van der Waals surface area (Å²) in [5.41, 5.74) is 7.02. The van der Waals surface area contributed by atoms with E-state index in [4.69, 9.17) is 5.73 Å². The molecule has 3 rings (SSSR count). The number of benzene rings is 1. The van der Waals surface area contributed by atoms with Crippen molar-refractivity contribution in [3.8, 4) is 11.4 Å². The Morgan fingerprint density at radius 3 is 2.95 bits per heavy atom. The van der Waals surface area contributed by atoms with Crippen LogP contribution in [0.4, 0.5) is 10.1 Å². The fourth-order valence-electron chi connectivity index (χ4n) is 3.05. The second-order valence-corrected chi connectivity index (χ2v) is 5.95. The second-order valence-electron chi connectivity index (χ2n) is 5.95. The summed E-state index contributed by atoms with van der Waals surface area (Å²) in [6.07, 6.45) is 5.69. The highest BCUT2D eigenvalue weighted by molar-refractivity contribution is 5.71. The van der Waals surface area contributed by atoms with Crippen molar-refractivity contribution in [3.05, 3.63) is 24.0 Å². The maximum absolute atomic E-state index is 13.5. The van der Waals surface area contributed by atoms with Gasteiger partial charge in [-0.25, -0.2) is 9.07 Å². The van der Waals surface area contributed by atoms with Crippen molar-refractivity contribution in [1.82, 2.24) is 20.2 Å². The van der Waals surface area contributed by atoms with E-state index < -0.39 is 0 Å². The van der Waals surface area contributed by atoms with Crippen LogP contribution in [0.25, 0.3) is 11.4 Å². The molecular formula is C15H20FN5. The fraction of sp³-hybridized carbons (Fsp3) is 0.533. The SMILES string of the molecule is CC1CCCC(n2nnnc2-c2cc(F)ccc2N)CC1. The lowest BCUT2D eigenvalue weighted by Gasteiger charge is -2.16. The van der Waals surface area contributed by atoms with Crippen LogP contribution in [0.1, 0.15) is 45.1 Å². The molecule has 0 bridgehead atoms. The summed E-state index contributed by atoms with van der Waals surface area (Å²) < 4.78 is 15.3. The predicted octanol–water partition coefficient (Wildman–Crippen LogP) is 3.20. The first-order valence-electron chi connectivity index (χ1n) is 7.48. The van der Waals surface area contributed by atoms with Crippen molar-refractivity contribution >= 4 is 5.69 Å². The van der Waals surface area contributed by atoms with Crippen LogP contribution in [-0.4, -0.2) is 20.2 Å². The number of nitrogen functional groups attached to an aromatic ring is 1. The molecule has 2 aromatic rings. The molecular weight excluding hydrogens is 269 g/mol. The zero-order valence-corrected chi connectivity index (χ0v) is 12.2. The molecule has 0 radical (unpaired) electrons. The zero-order valence-electron chi connectivity index (χ0n) is 12.2. The van der Waals surface area contributed by atoms with Crippen molar-refractivity contribution in [1.29, 1.82) is 0 Å². The van der Waals surface area contributed by atoms with E-state index in [0.29, 0.717) is 17.1 Å². The number of tetrazole rings is 1. The van der Waals surface area contributed by atoms with Gasteiger partial charge >= 0.3 is 0 Å². The van der Waals surface area contributed by atoms with Gasteiger partial charge in [0.1, 0.15) is 5.82 Å². The van der Waals surface area contributed by atoms with Gasteiger partial charge in [0.15, 0.2) is 5.82 Å². The van der Waals surface area contributed by atoms with E-state index >= 15 is 0 Å². The van der Waals surface area contributed by atoms with E-state index in [1.165, 1.54) is 31.4 Å². The third kappa shape index (κ3) is 2.89. The summed E-state index contributed by atoms with van der Waals surface area (Å²) >= 11 is 0. The zero-order chi connectivity index (χ0) is 14.8. The van der Waals surface area contributed by atoms with Gasteiger partial charge in [0.2, 0.25) is 0 Å².